The maximum atomic E-state index is 13.8. The van der Waals surface area contributed by atoms with Gasteiger partial charge < -0.3 is 9.73 Å². The Kier molecular flexibility index (Phi) is 3.93. The minimum Gasteiger partial charge on any atom is -0.456 e. The van der Waals surface area contributed by atoms with Gasteiger partial charge in [-0.15, -0.1) is 0 Å². The lowest BCUT2D eigenvalue weighted by atomic mass is 10.1. The first-order chi connectivity index (χ1) is 8.54. The molecule has 1 atom stereocenters. The summed E-state index contributed by atoms with van der Waals surface area (Å²) >= 11 is 5.87. The monoisotopic (exact) mass is 269 g/mol. The van der Waals surface area contributed by atoms with Gasteiger partial charge in [-0.1, -0.05) is 18.5 Å². The Hall–Kier alpha value is -1.06. The van der Waals surface area contributed by atoms with Gasteiger partial charge in [0.05, 0.1) is 6.04 Å². The van der Waals surface area contributed by atoms with Crippen LogP contribution in [0, 0.1) is 12.7 Å². The van der Waals surface area contributed by atoms with Crippen molar-refractivity contribution in [2.75, 3.05) is 6.54 Å². The zero-order chi connectivity index (χ0) is 13.3. The van der Waals surface area contributed by atoms with E-state index in [4.69, 9.17) is 16.0 Å². The third kappa shape index (κ3) is 2.38. The summed E-state index contributed by atoms with van der Waals surface area (Å²) in [5.74, 6) is 0.370. The highest BCUT2D eigenvalue weighted by atomic mass is 35.5. The van der Waals surface area contributed by atoms with E-state index in [-0.39, 0.29) is 11.6 Å². The second kappa shape index (κ2) is 5.29. The van der Waals surface area contributed by atoms with E-state index in [1.165, 1.54) is 6.07 Å². The molecule has 0 aliphatic rings. The number of furan rings is 1. The summed E-state index contributed by atoms with van der Waals surface area (Å²) in [4.78, 5) is 0. The Bertz CT molecular complexity index is 564. The molecule has 0 bridgehead atoms. The molecule has 1 heterocycles. The molecule has 0 amide bonds. The molecule has 18 heavy (non-hydrogen) atoms. The van der Waals surface area contributed by atoms with Crippen molar-refractivity contribution in [2.24, 2.45) is 0 Å². The van der Waals surface area contributed by atoms with E-state index in [1.54, 1.807) is 6.07 Å². The molecule has 0 spiro atoms. The van der Waals surface area contributed by atoms with Gasteiger partial charge in [0, 0.05) is 16.0 Å². The van der Waals surface area contributed by atoms with Crippen LogP contribution >= 0.6 is 11.6 Å². The highest BCUT2D eigenvalue weighted by molar-refractivity contribution is 6.31. The maximum Gasteiger partial charge on any atom is 0.170 e. The Morgan fingerprint density at radius 1 is 1.44 bits per heavy atom. The van der Waals surface area contributed by atoms with E-state index in [0.717, 1.165) is 29.7 Å². The van der Waals surface area contributed by atoms with Gasteiger partial charge in [-0.05, 0) is 38.9 Å². The van der Waals surface area contributed by atoms with Crippen molar-refractivity contribution < 1.29 is 8.81 Å². The Morgan fingerprint density at radius 3 is 2.83 bits per heavy atom. The smallest absolute Gasteiger partial charge is 0.170 e. The van der Waals surface area contributed by atoms with Crippen LogP contribution in [0.5, 0.6) is 0 Å². The zero-order valence-electron chi connectivity index (χ0n) is 10.8. The molecule has 0 saturated carbocycles. The lowest BCUT2D eigenvalue weighted by molar-refractivity contribution is 0.440. The predicted octanol–water partition coefficient (Wildman–Crippen LogP) is 4.59. The van der Waals surface area contributed by atoms with Crippen molar-refractivity contribution in [3.8, 4) is 0 Å². The number of aryl methyl sites for hydroxylation is 1. The van der Waals surface area contributed by atoms with Crippen LogP contribution in [0.15, 0.2) is 16.5 Å². The van der Waals surface area contributed by atoms with Crippen LogP contribution in [-0.2, 0) is 0 Å². The van der Waals surface area contributed by atoms with E-state index in [1.807, 2.05) is 13.8 Å². The summed E-state index contributed by atoms with van der Waals surface area (Å²) in [5.41, 5.74) is 1.24. The average molecular weight is 270 g/mol. The summed E-state index contributed by atoms with van der Waals surface area (Å²) in [6, 6.07) is 3.09. The van der Waals surface area contributed by atoms with E-state index < -0.39 is 5.82 Å². The fourth-order valence-electron chi connectivity index (χ4n) is 2.13. The summed E-state index contributed by atoms with van der Waals surface area (Å²) in [6.07, 6.45) is 1.05. The van der Waals surface area contributed by atoms with Crippen LogP contribution in [-0.4, -0.2) is 6.54 Å². The zero-order valence-corrected chi connectivity index (χ0v) is 11.6. The predicted molar refractivity (Wildman–Crippen MR) is 72.6 cm³/mol. The normalized spacial score (nSPS) is 13.2. The molecule has 1 aromatic heterocycles. The van der Waals surface area contributed by atoms with Crippen molar-refractivity contribution >= 4 is 22.6 Å². The number of benzene rings is 1. The molecule has 0 saturated heterocycles. The van der Waals surface area contributed by atoms with Crippen LogP contribution < -0.4 is 5.32 Å². The number of hydrogen-bond acceptors (Lipinski definition) is 2. The van der Waals surface area contributed by atoms with Gasteiger partial charge in [0.25, 0.3) is 0 Å². The largest absolute Gasteiger partial charge is 0.456 e. The summed E-state index contributed by atoms with van der Waals surface area (Å²) < 4.78 is 19.4. The van der Waals surface area contributed by atoms with Gasteiger partial charge in [0.2, 0.25) is 0 Å². The minimum absolute atomic E-state index is 0.0653. The van der Waals surface area contributed by atoms with E-state index in [2.05, 4.69) is 12.2 Å². The van der Waals surface area contributed by atoms with Crippen LogP contribution in [0.4, 0.5) is 4.39 Å². The fraction of sp³-hybridized carbons (Fsp3) is 0.429. The van der Waals surface area contributed by atoms with Crippen LogP contribution in [0.3, 0.4) is 0 Å². The van der Waals surface area contributed by atoms with E-state index >= 15 is 0 Å². The van der Waals surface area contributed by atoms with E-state index in [9.17, 15) is 4.39 Å². The first-order valence-corrected chi connectivity index (χ1v) is 6.53. The summed E-state index contributed by atoms with van der Waals surface area (Å²) in [6.45, 7) is 6.95. The molecular formula is C14H17ClFNO. The molecule has 0 fully saturated rings. The SMILES string of the molecule is CCCNC(C)c1oc2c(F)cc(Cl)cc2c1C. The molecule has 2 aromatic rings. The quantitative estimate of drug-likeness (QED) is 0.878. The van der Waals surface area contributed by atoms with Crippen molar-refractivity contribution in [3.63, 3.8) is 0 Å². The summed E-state index contributed by atoms with van der Waals surface area (Å²) in [5, 5.41) is 4.48. The number of nitrogens with one attached hydrogen (secondary N) is 1. The van der Waals surface area contributed by atoms with Crippen LogP contribution in [0.2, 0.25) is 5.02 Å². The molecule has 1 aromatic carbocycles. The molecule has 1 N–H and O–H groups in total. The first-order valence-electron chi connectivity index (χ1n) is 6.16. The Balaban J connectivity index is 2.47. The Morgan fingerprint density at radius 2 is 2.17 bits per heavy atom. The maximum absolute atomic E-state index is 13.8. The van der Waals surface area contributed by atoms with Crippen molar-refractivity contribution in [1.29, 1.82) is 0 Å². The standard InChI is InChI=1S/C14H17ClFNO/c1-4-5-17-9(3)13-8(2)11-6-10(15)7-12(16)14(11)18-13/h6-7,9,17H,4-5H2,1-3H3. The first kappa shape index (κ1) is 13.4. The molecule has 98 valence electrons. The highest BCUT2D eigenvalue weighted by Gasteiger charge is 2.18. The third-order valence-corrected chi connectivity index (χ3v) is 3.31. The summed E-state index contributed by atoms with van der Waals surface area (Å²) in [7, 11) is 0. The van der Waals surface area contributed by atoms with E-state index in [0.29, 0.717) is 5.02 Å². The molecule has 4 heteroatoms. The number of hydrogen-bond donors (Lipinski definition) is 1. The lowest BCUT2D eigenvalue weighted by Gasteiger charge is -2.11. The van der Waals surface area contributed by atoms with Gasteiger partial charge in [-0.2, -0.15) is 0 Å². The van der Waals surface area contributed by atoms with Gasteiger partial charge in [-0.25, -0.2) is 4.39 Å². The molecule has 2 rings (SSSR count). The molecule has 0 aliphatic carbocycles. The second-order valence-corrected chi connectivity index (χ2v) is 4.97. The van der Waals surface area contributed by atoms with Crippen molar-refractivity contribution in [1.82, 2.24) is 5.32 Å². The molecular weight excluding hydrogens is 253 g/mol. The van der Waals surface area contributed by atoms with Crippen molar-refractivity contribution in [3.05, 3.63) is 34.3 Å². The minimum atomic E-state index is -0.408. The van der Waals surface area contributed by atoms with Crippen LogP contribution in [0.25, 0.3) is 11.0 Å². The molecule has 0 aliphatic heterocycles. The van der Waals surface area contributed by atoms with Gasteiger partial charge in [0.1, 0.15) is 5.76 Å². The second-order valence-electron chi connectivity index (χ2n) is 4.53. The number of fused-ring (bicyclic) bond motifs is 1. The molecule has 2 nitrogen and oxygen atoms in total. The van der Waals surface area contributed by atoms with Crippen LogP contribution in [0.1, 0.15) is 37.6 Å². The Labute approximate surface area is 111 Å². The van der Waals surface area contributed by atoms with Gasteiger partial charge >= 0.3 is 0 Å². The number of halogens is 2. The van der Waals surface area contributed by atoms with Gasteiger partial charge in [-0.3, -0.25) is 0 Å². The number of rotatable bonds is 4. The fourth-order valence-corrected chi connectivity index (χ4v) is 2.33. The highest BCUT2D eigenvalue weighted by Crippen LogP contribution is 2.33. The topological polar surface area (TPSA) is 25.2 Å². The molecule has 0 radical (unpaired) electrons. The lowest BCUT2D eigenvalue weighted by Crippen LogP contribution is -2.19. The molecule has 1 unspecified atom stereocenters. The van der Waals surface area contributed by atoms with Crippen molar-refractivity contribution in [2.45, 2.75) is 33.2 Å². The van der Waals surface area contributed by atoms with Gasteiger partial charge in [0.15, 0.2) is 11.4 Å². The average Bonchev–Trinajstić information content (AvgIpc) is 2.65. The third-order valence-electron chi connectivity index (χ3n) is 3.09.